The molecule has 1 aromatic carbocycles. The van der Waals surface area contributed by atoms with Gasteiger partial charge in [0.15, 0.2) is 0 Å². The second-order valence-corrected chi connectivity index (χ2v) is 6.16. The summed E-state index contributed by atoms with van der Waals surface area (Å²) >= 11 is 1.68. The van der Waals surface area contributed by atoms with Gasteiger partial charge in [0.25, 0.3) is 0 Å². The lowest BCUT2D eigenvalue weighted by Crippen LogP contribution is -2.25. The average molecular weight is 285 g/mol. The van der Waals surface area contributed by atoms with Crippen LogP contribution < -0.4 is 5.32 Å². The van der Waals surface area contributed by atoms with E-state index in [9.17, 15) is 4.79 Å². The molecule has 1 heterocycles. The van der Waals surface area contributed by atoms with Gasteiger partial charge >= 0.3 is 0 Å². The Hall–Kier alpha value is -1.87. The highest BCUT2D eigenvalue weighted by Gasteiger charge is 2.05. The van der Waals surface area contributed by atoms with Crippen LogP contribution >= 0.6 is 11.3 Å². The van der Waals surface area contributed by atoms with Crippen molar-refractivity contribution in [3.63, 3.8) is 0 Å². The number of hydrogen-bond donors (Lipinski definition) is 1. The molecule has 1 N–H and O–H groups in total. The third-order valence-corrected chi connectivity index (χ3v) is 4.08. The first-order valence-corrected chi connectivity index (χ1v) is 7.54. The molecular formula is C17H19NOS. The summed E-state index contributed by atoms with van der Waals surface area (Å²) in [6.45, 7) is 4.82. The van der Waals surface area contributed by atoms with Crippen LogP contribution in [-0.4, -0.2) is 12.5 Å². The number of amides is 1. The van der Waals surface area contributed by atoms with Gasteiger partial charge in [-0.05, 0) is 36.6 Å². The van der Waals surface area contributed by atoms with Crippen LogP contribution in [0.25, 0.3) is 6.08 Å². The second kappa shape index (κ2) is 7.06. The van der Waals surface area contributed by atoms with Crippen LogP contribution in [0.2, 0.25) is 0 Å². The lowest BCUT2D eigenvalue weighted by molar-refractivity contribution is -0.116. The smallest absolute Gasteiger partial charge is 0.244 e. The first-order chi connectivity index (χ1) is 9.65. The van der Waals surface area contributed by atoms with Gasteiger partial charge in [-0.2, -0.15) is 0 Å². The summed E-state index contributed by atoms with van der Waals surface area (Å²) in [5.41, 5.74) is 1.24. The molecule has 0 aliphatic rings. The molecule has 0 aliphatic carbocycles. The summed E-state index contributed by atoms with van der Waals surface area (Å²) in [5, 5.41) is 2.94. The van der Waals surface area contributed by atoms with Crippen LogP contribution in [0.4, 0.5) is 0 Å². The lowest BCUT2D eigenvalue weighted by atomic mass is 10.0. The minimum atomic E-state index is -0.0427. The number of hydrogen-bond acceptors (Lipinski definition) is 2. The van der Waals surface area contributed by atoms with Gasteiger partial charge in [0, 0.05) is 22.4 Å². The molecule has 104 valence electrons. The Morgan fingerprint density at radius 2 is 2.00 bits per heavy atom. The molecule has 3 heteroatoms. The molecule has 20 heavy (non-hydrogen) atoms. The van der Waals surface area contributed by atoms with E-state index < -0.39 is 0 Å². The molecule has 2 rings (SSSR count). The van der Waals surface area contributed by atoms with E-state index >= 15 is 0 Å². The maximum Gasteiger partial charge on any atom is 0.244 e. The van der Waals surface area contributed by atoms with Crippen molar-refractivity contribution in [2.24, 2.45) is 0 Å². The third-order valence-electron chi connectivity index (χ3n) is 3.11. The van der Waals surface area contributed by atoms with Crippen molar-refractivity contribution in [1.29, 1.82) is 0 Å². The standard InChI is InChI=1S/C17H19NOS/c1-13(15-6-4-3-5-7-15)12-18-17(19)11-10-16-9-8-14(2)20-16/h3-11,13H,12H2,1-2H3,(H,18,19)/b11-10+/t13-/m1/s1. The average Bonchev–Trinajstić information content (AvgIpc) is 2.89. The van der Waals surface area contributed by atoms with E-state index in [0.29, 0.717) is 12.5 Å². The van der Waals surface area contributed by atoms with Crippen molar-refractivity contribution >= 4 is 23.3 Å². The van der Waals surface area contributed by atoms with Gasteiger partial charge in [-0.1, -0.05) is 37.3 Å². The molecule has 0 unspecified atom stereocenters. The number of aryl methyl sites for hydroxylation is 1. The Bertz CT molecular complexity index is 586. The third kappa shape index (κ3) is 4.35. The van der Waals surface area contributed by atoms with Crippen LogP contribution in [0.1, 0.15) is 28.2 Å². The Labute approximate surface area is 124 Å². The largest absolute Gasteiger partial charge is 0.352 e. The molecule has 2 aromatic rings. The van der Waals surface area contributed by atoms with Crippen molar-refractivity contribution in [2.45, 2.75) is 19.8 Å². The van der Waals surface area contributed by atoms with Crippen LogP contribution in [0, 0.1) is 6.92 Å². The maximum atomic E-state index is 11.8. The van der Waals surface area contributed by atoms with E-state index in [4.69, 9.17) is 0 Å². The molecule has 1 aromatic heterocycles. The maximum absolute atomic E-state index is 11.8. The minimum absolute atomic E-state index is 0.0427. The quantitative estimate of drug-likeness (QED) is 0.827. The highest BCUT2D eigenvalue weighted by Crippen LogP contribution is 2.16. The number of thiophene rings is 1. The van der Waals surface area contributed by atoms with Gasteiger partial charge < -0.3 is 5.32 Å². The Morgan fingerprint density at radius 1 is 1.25 bits per heavy atom. The predicted molar refractivity (Wildman–Crippen MR) is 86.0 cm³/mol. The topological polar surface area (TPSA) is 29.1 Å². The highest BCUT2D eigenvalue weighted by molar-refractivity contribution is 7.12. The van der Waals surface area contributed by atoms with Crippen molar-refractivity contribution in [1.82, 2.24) is 5.32 Å². The van der Waals surface area contributed by atoms with Crippen molar-refractivity contribution < 1.29 is 4.79 Å². The fourth-order valence-electron chi connectivity index (χ4n) is 1.91. The first-order valence-electron chi connectivity index (χ1n) is 6.72. The van der Waals surface area contributed by atoms with E-state index in [1.54, 1.807) is 17.4 Å². The Kier molecular flexibility index (Phi) is 5.13. The molecule has 0 spiro atoms. The normalized spacial score (nSPS) is 12.5. The van der Waals surface area contributed by atoms with E-state index in [1.807, 2.05) is 30.3 Å². The van der Waals surface area contributed by atoms with E-state index in [-0.39, 0.29) is 5.91 Å². The summed E-state index contributed by atoms with van der Waals surface area (Å²) in [4.78, 5) is 14.1. The summed E-state index contributed by atoms with van der Waals surface area (Å²) in [5.74, 6) is 0.274. The van der Waals surface area contributed by atoms with E-state index in [0.717, 1.165) is 4.88 Å². The fourth-order valence-corrected chi connectivity index (χ4v) is 2.69. The Balaban J connectivity index is 1.82. The molecule has 0 saturated heterocycles. The van der Waals surface area contributed by atoms with Gasteiger partial charge in [0.1, 0.15) is 0 Å². The molecule has 0 radical (unpaired) electrons. The van der Waals surface area contributed by atoms with E-state index in [1.165, 1.54) is 10.4 Å². The van der Waals surface area contributed by atoms with Crippen LogP contribution in [0.5, 0.6) is 0 Å². The van der Waals surface area contributed by atoms with Crippen molar-refractivity contribution in [3.05, 3.63) is 63.9 Å². The summed E-state index contributed by atoms with van der Waals surface area (Å²) in [6, 6.07) is 14.3. The SMILES string of the molecule is Cc1ccc(/C=C/C(=O)NC[C@@H](C)c2ccccc2)s1. The van der Waals surface area contributed by atoms with Crippen molar-refractivity contribution in [2.75, 3.05) is 6.54 Å². The summed E-state index contributed by atoms with van der Waals surface area (Å²) in [7, 11) is 0. The molecule has 1 amide bonds. The molecule has 2 nitrogen and oxygen atoms in total. The summed E-state index contributed by atoms with van der Waals surface area (Å²) < 4.78 is 0. The molecule has 0 bridgehead atoms. The zero-order valence-corrected chi connectivity index (χ0v) is 12.6. The summed E-state index contributed by atoms with van der Waals surface area (Å²) in [6.07, 6.45) is 3.46. The zero-order valence-electron chi connectivity index (χ0n) is 11.8. The molecular weight excluding hydrogens is 266 g/mol. The van der Waals surface area contributed by atoms with E-state index in [2.05, 4.69) is 37.4 Å². The number of rotatable bonds is 5. The number of carbonyl (C=O) groups excluding carboxylic acids is 1. The predicted octanol–water partition coefficient (Wildman–Crippen LogP) is 3.99. The van der Waals surface area contributed by atoms with Crippen LogP contribution in [-0.2, 0) is 4.79 Å². The number of carbonyl (C=O) groups is 1. The fraction of sp³-hybridized carbons (Fsp3) is 0.235. The van der Waals surface area contributed by atoms with Gasteiger partial charge in [0.05, 0.1) is 0 Å². The van der Waals surface area contributed by atoms with Crippen LogP contribution in [0.3, 0.4) is 0 Å². The number of nitrogens with one attached hydrogen (secondary N) is 1. The van der Waals surface area contributed by atoms with Gasteiger partial charge in [-0.15, -0.1) is 11.3 Å². The molecule has 0 fully saturated rings. The zero-order chi connectivity index (χ0) is 14.4. The van der Waals surface area contributed by atoms with Gasteiger partial charge in [0.2, 0.25) is 5.91 Å². The first kappa shape index (κ1) is 14.5. The monoisotopic (exact) mass is 285 g/mol. The second-order valence-electron chi connectivity index (χ2n) is 4.84. The molecule has 0 saturated carbocycles. The molecule has 1 atom stereocenters. The lowest BCUT2D eigenvalue weighted by Gasteiger charge is -2.11. The van der Waals surface area contributed by atoms with Crippen LogP contribution in [0.15, 0.2) is 48.5 Å². The van der Waals surface area contributed by atoms with Gasteiger partial charge in [-0.3, -0.25) is 4.79 Å². The molecule has 0 aliphatic heterocycles. The van der Waals surface area contributed by atoms with Gasteiger partial charge in [-0.25, -0.2) is 0 Å². The Morgan fingerprint density at radius 3 is 2.65 bits per heavy atom. The highest BCUT2D eigenvalue weighted by atomic mass is 32.1. The van der Waals surface area contributed by atoms with Crippen molar-refractivity contribution in [3.8, 4) is 0 Å². The minimum Gasteiger partial charge on any atom is -0.352 e. The number of benzene rings is 1.